The number of ether oxygens (including phenoxy) is 2. The summed E-state index contributed by atoms with van der Waals surface area (Å²) in [5, 5.41) is 22.4. The zero-order valence-corrected chi connectivity index (χ0v) is 35.5. The summed E-state index contributed by atoms with van der Waals surface area (Å²) < 4.78 is 11.7. The highest BCUT2D eigenvalue weighted by molar-refractivity contribution is 5.94. The number of nitrogens with one attached hydrogen (secondary N) is 4. The van der Waals surface area contributed by atoms with Crippen molar-refractivity contribution in [3.05, 3.63) is 95.1 Å². The molecule has 1 aliphatic carbocycles. The van der Waals surface area contributed by atoms with Crippen LogP contribution in [0.15, 0.2) is 72.8 Å². The van der Waals surface area contributed by atoms with E-state index in [1.54, 1.807) is 51.1 Å². The van der Waals surface area contributed by atoms with Crippen molar-refractivity contribution < 1.29 is 43.3 Å². The van der Waals surface area contributed by atoms with E-state index < -0.39 is 66.1 Å². The molecule has 3 aromatic rings. The molecule has 7 rings (SSSR count). The number of fused-ring (bicyclic) bond motifs is 7. The Morgan fingerprint density at radius 3 is 2.30 bits per heavy atom. The first kappa shape index (κ1) is 44.8. The third kappa shape index (κ3) is 12.0. The van der Waals surface area contributed by atoms with Crippen LogP contribution in [-0.4, -0.2) is 81.9 Å². The van der Waals surface area contributed by atoms with Gasteiger partial charge in [0.2, 0.25) is 23.6 Å². The number of amides is 5. The van der Waals surface area contributed by atoms with Gasteiger partial charge >= 0.3 is 5.97 Å². The van der Waals surface area contributed by atoms with Crippen LogP contribution < -0.4 is 26.0 Å². The molecule has 5 N–H and O–H groups in total. The van der Waals surface area contributed by atoms with Gasteiger partial charge in [-0.05, 0) is 98.9 Å². The lowest BCUT2D eigenvalue weighted by molar-refractivity contribution is -0.158. The average Bonchev–Trinajstić information content (AvgIpc) is 3.24. The molecule has 1 saturated carbocycles. The predicted molar refractivity (Wildman–Crippen MR) is 227 cm³/mol. The second kappa shape index (κ2) is 20.2. The molecule has 5 bridgehead atoms. The molecule has 3 heterocycles. The van der Waals surface area contributed by atoms with Gasteiger partial charge in [0.25, 0.3) is 5.91 Å². The van der Waals surface area contributed by atoms with Gasteiger partial charge in [-0.3, -0.25) is 24.0 Å². The summed E-state index contributed by atoms with van der Waals surface area (Å²) in [6.07, 6.45) is 4.19. The number of aliphatic hydroxyl groups is 1. The molecule has 5 amide bonds. The fourth-order valence-electron chi connectivity index (χ4n) is 8.33. The van der Waals surface area contributed by atoms with E-state index in [0.29, 0.717) is 29.9 Å². The summed E-state index contributed by atoms with van der Waals surface area (Å²) in [6, 6.07) is 17.6. The minimum absolute atomic E-state index is 0.0748. The highest BCUT2D eigenvalue weighted by Gasteiger charge is 2.42. The molecule has 0 saturated heterocycles. The minimum Gasteiger partial charge on any atom is -0.458 e. The molecule has 3 aromatic carbocycles. The Morgan fingerprint density at radius 1 is 0.902 bits per heavy atom. The van der Waals surface area contributed by atoms with Gasteiger partial charge in [0.15, 0.2) is 12.1 Å². The Labute approximate surface area is 357 Å². The van der Waals surface area contributed by atoms with Crippen LogP contribution in [0.1, 0.15) is 107 Å². The summed E-state index contributed by atoms with van der Waals surface area (Å²) in [6.45, 7) is 6.49. The van der Waals surface area contributed by atoms with Crippen LogP contribution in [0.2, 0.25) is 0 Å². The fourth-order valence-corrected chi connectivity index (χ4v) is 8.33. The van der Waals surface area contributed by atoms with E-state index in [0.717, 1.165) is 48.8 Å². The number of aryl methyl sites for hydroxylation is 1. The smallest absolute Gasteiger partial charge is 0.333 e. The van der Waals surface area contributed by atoms with Gasteiger partial charge in [-0.2, -0.15) is 0 Å². The van der Waals surface area contributed by atoms with Crippen LogP contribution in [-0.2, 0) is 52.9 Å². The van der Waals surface area contributed by atoms with Crippen molar-refractivity contribution in [1.29, 1.82) is 0 Å². The number of nitrogens with zero attached hydrogens (tertiary/aromatic N) is 1. The van der Waals surface area contributed by atoms with Crippen molar-refractivity contribution in [2.45, 2.75) is 134 Å². The van der Waals surface area contributed by atoms with E-state index in [4.69, 9.17) is 9.47 Å². The number of aliphatic hydroxyl groups excluding tert-OH is 1. The molecule has 14 heteroatoms. The van der Waals surface area contributed by atoms with Crippen LogP contribution >= 0.6 is 0 Å². The Balaban J connectivity index is 1.20. The van der Waals surface area contributed by atoms with Crippen LogP contribution in [0.25, 0.3) is 0 Å². The number of carbonyl (C=O) groups excluding carboxylic acids is 6. The van der Waals surface area contributed by atoms with Crippen LogP contribution in [0.4, 0.5) is 0 Å². The van der Waals surface area contributed by atoms with E-state index in [1.807, 2.05) is 49.4 Å². The molecule has 0 spiro atoms. The Bertz CT molecular complexity index is 2040. The predicted octanol–water partition coefficient (Wildman–Crippen LogP) is 4.70. The second-order valence-corrected chi connectivity index (χ2v) is 17.3. The van der Waals surface area contributed by atoms with Gasteiger partial charge in [-0.1, -0.05) is 81.1 Å². The van der Waals surface area contributed by atoms with E-state index in [1.165, 1.54) is 4.90 Å². The maximum absolute atomic E-state index is 14.8. The zero-order chi connectivity index (χ0) is 43.7. The molecule has 4 aliphatic rings. The first-order valence-corrected chi connectivity index (χ1v) is 21.5. The number of benzene rings is 3. The summed E-state index contributed by atoms with van der Waals surface area (Å²) in [4.78, 5) is 83.9. The third-order valence-electron chi connectivity index (χ3n) is 11.5. The van der Waals surface area contributed by atoms with E-state index in [-0.39, 0.29) is 43.5 Å². The first-order valence-electron chi connectivity index (χ1n) is 21.5. The first-order chi connectivity index (χ1) is 29.2. The lowest BCUT2D eigenvalue weighted by atomic mass is 9.82. The van der Waals surface area contributed by atoms with Gasteiger partial charge in [-0.25, -0.2) is 4.79 Å². The number of hydrogen-bond acceptors (Lipinski definition) is 9. The Kier molecular flexibility index (Phi) is 14.8. The largest absolute Gasteiger partial charge is 0.458 e. The van der Waals surface area contributed by atoms with Crippen molar-refractivity contribution in [3.8, 4) is 11.5 Å². The molecule has 0 aromatic heterocycles. The summed E-state index contributed by atoms with van der Waals surface area (Å²) in [5.41, 5.74) is 2.27. The van der Waals surface area contributed by atoms with Crippen LogP contribution in [0, 0.1) is 5.92 Å². The van der Waals surface area contributed by atoms with Crippen molar-refractivity contribution >= 4 is 35.5 Å². The lowest BCUT2D eigenvalue weighted by Gasteiger charge is -2.41. The van der Waals surface area contributed by atoms with Crippen molar-refractivity contribution in [2.24, 2.45) is 5.92 Å². The molecule has 14 nitrogen and oxygen atoms in total. The maximum Gasteiger partial charge on any atom is 0.333 e. The Morgan fingerprint density at radius 2 is 1.61 bits per heavy atom. The minimum atomic E-state index is -1.76. The summed E-state index contributed by atoms with van der Waals surface area (Å²) >= 11 is 0. The van der Waals surface area contributed by atoms with Gasteiger partial charge in [0, 0.05) is 19.4 Å². The van der Waals surface area contributed by atoms with Gasteiger partial charge in [0.05, 0.1) is 12.6 Å². The van der Waals surface area contributed by atoms with Crippen molar-refractivity contribution in [2.75, 3.05) is 6.54 Å². The topological polar surface area (TPSA) is 192 Å². The van der Waals surface area contributed by atoms with Crippen molar-refractivity contribution in [1.82, 2.24) is 26.2 Å². The Hall–Kier alpha value is -5.76. The molecule has 5 atom stereocenters. The van der Waals surface area contributed by atoms with E-state index in [9.17, 15) is 33.9 Å². The van der Waals surface area contributed by atoms with E-state index in [2.05, 4.69) is 21.3 Å². The molecule has 1 fully saturated rings. The highest BCUT2D eigenvalue weighted by Crippen LogP contribution is 2.33. The van der Waals surface area contributed by atoms with Crippen molar-refractivity contribution in [3.63, 3.8) is 0 Å². The lowest BCUT2D eigenvalue weighted by Crippen LogP contribution is -2.61. The van der Waals surface area contributed by atoms with E-state index >= 15 is 0 Å². The average molecular weight is 838 g/mol. The molecule has 2 unspecified atom stereocenters. The zero-order valence-electron chi connectivity index (χ0n) is 35.5. The van der Waals surface area contributed by atoms with Gasteiger partial charge in [0.1, 0.15) is 29.2 Å². The molecule has 326 valence electrons. The summed E-state index contributed by atoms with van der Waals surface area (Å²) in [5.74, 6) is -2.35. The second-order valence-electron chi connectivity index (χ2n) is 17.3. The highest BCUT2D eigenvalue weighted by atomic mass is 16.6. The SMILES string of the molecule is CCCC(NC(=O)[C@@H]1Cc2ccc3cc2CN1C(=O)[C@H](C1CCCCC1)NC(=O)CCc1ccc(cc1)O3)C(O)C(=O)NCC(=O)N[C@H](C(=O)OC(C)(C)C)c1ccccc1. The maximum atomic E-state index is 14.8. The number of carbonyl (C=O) groups is 6. The number of hydrogen-bond donors (Lipinski definition) is 5. The number of rotatable bonds is 12. The number of esters is 1. The molecule has 0 radical (unpaired) electrons. The standard InChI is InChI=1S/C47H59N5O9/c1-5-12-36(42(55)44(57)48-27-39(54)51-41(31-15-10-7-11-16-31)46(59)61-47(2,3)4)49-43(56)37-26-32-20-23-35-25-33(32)28-52(37)45(58)40(30-13-8-6-9-14-30)50-38(53)24-19-29-17-21-34(60-35)22-18-29/h7,10-11,15-18,20-23,25,30,36-37,40-42,55H,5-6,8-9,12-14,19,24,26-28H2,1-4H3,(H,48,57)(H,49,56)(H,50,53)(H,51,54)/t36?,37-,40-,41-,42?/m0/s1. The molecular weight excluding hydrogens is 779 g/mol. The monoisotopic (exact) mass is 837 g/mol. The molecule has 61 heavy (non-hydrogen) atoms. The molecular formula is C47H59N5O9. The van der Waals surface area contributed by atoms with Crippen LogP contribution in [0.3, 0.4) is 0 Å². The van der Waals surface area contributed by atoms with Crippen LogP contribution in [0.5, 0.6) is 11.5 Å². The normalized spacial score (nSPS) is 19.8. The van der Waals surface area contributed by atoms with Gasteiger partial charge in [-0.15, -0.1) is 0 Å². The van der Waals surface area contributed by atoms with Gasteiger partial charge < -0.3 is 40.7 Å². The fraction of sp³-hybridized carbons (Fsp3) is 0.489. The third-order valence-corrected chi connectivity index (χ3v) is 11.5. The summed E-state index contributed by atoms with van der Waals surface area (Å²) in [7, 11) is 0. The quantitative estimate of drug-likeness (QED) is 0.161. The molecule has 3 aliphatic heterocycles.